The number of nitrogens with zero attached hydrogens (tertiary/aromatic N) is 4. The number of carbonyl (C=O) groups excluding carboxylic acids is 1. The van der Waals surface area contributed by atoms with Gasteiger partial charge in [0.15, 0.2) is 0 Å². The van der Waals surface area contributed by atoms with E-state index in [2.05, 4.69) is 15.3 Å². The van der Waals surface area contributed by atoms with E-state index >= 15 is 0 Å². The summed E-state index contributed by atoms with van der Waals surface area (Å²) in [5, 5.41) is 13.2. The number of carbonyl (C=O) groups is 1. The Morgan fingerprint density at radius 2 is 2.14 bits per heavy atom. The second-order valence-corrected chi connectivity index (χ2v) is 6.78. The molecule has 8 heteroatoms. The summed E-state index contributed by atoms with van der Waals surface area (Å²) < 4.78 is 5.57. The van der Waals surface area contributed by atoms with Gasteiger partial charge in [-0.1, -0.05) is 6.07 Å². The molecule has 3 heterocycles. The Kier molecular flexibility index (Phi) is 4.75. The van der Waals surface area contributed by atoms with Crippen LogP contribution in [0.15, 0.2) is 46.5 Å². The molecule has 4 rings (SSSR count). The molecular weight excluding hydrogens is 370 g/mol. The van der Waals surface area contributed by atoms with E-state index in [1.807, 2.05) is 24.0 Å². The van der Waals surface area contributed by atoms with Gasteiger partial charge in [-0.3, -0.25) is 9.79 Å². The number of methoxy groups -OCH3 is 1. The van der Waals surface area contributed by atoms with E-state index in [9.17, 15) is 9.90 Å². The van der Waals surface area contributed by atoms with Gasteiger partial charge in [-0.15, -0.1) is 0 Å². The lowest BCUT2D eigenvalue weighted by molar-refractivity contribution is -0.114. The second kappa shape index (κ2) is 7.38. The molecule has 1 aromatic carbocycles. The van der Waals surface area contributed by atoms with E-state index in [1.54, 1.807) is 25.3 Å². The number of ether oxygens (including phenoxy) is 1. The molecule has 2 N–H and O–H groups in total. The molecule has 2 aliphatic rings. The molecule has 0 radical (unpaired) electrons. The van der Waals surface area contributed by atoms with E-state index in [1.165, 1.54) is 13.1 Å². The molecule has 0 fully saturated rings. The molecular formula is C21H21N5O3. The maximum Gasteiger partial charge on any atom is 0.222 e. The highest BCUT2D eigenvalue weighted by molar-refractivity contribution is 6.20. The first-order valence-corrected chi connectivity index (χ1v) is 9.21. The first-order chi connectivity index (χ1) is 14.0. The fraction of sp³-hybridized carbons (Fsp3) is 0.238. The number of anilines is 1. The number of benzene rings is 1. The van der Waals surface area contributed by atoms with Crippen LogP contribution in [0.1, 0.15) is 23.6 Å². The maximum absolute atomic E-state index is 11.1. The van der Waals surface area contributed by atoms with Gasteiger partial charge in [0.2, 0.25) is 5.91 Å². The Labute approximate surface area is 168 Å². The number of amides is 1. The van der Waals surface area contributed by atoms with E-state index in [4.69, 9.17) is 9.73 Å². The Morgan fingerprint density at radius 3 is 2.83 bits per heavy atom. The maximum atomic E-state index is 11.1. The van der Waals surface area contributed by atoms with E-state index in [-0.39, 0.29) is 11.7 Å². The Bertz CT molecular complexity index is 1070. The first kappa shape index (κ1) is 18.7. The smallest absolute Gasteiger partial charge is 0.222 e. The van der Waals surface area contributed by atoms with E-state index < -0.39 is 0 Å². The van der Waals surface area contributed by atoms with Gasteiger partial charge in [0.25, 0.3) is 0 Å². The largest absolute Gasteiger partial charge is 0.507 e. The number of fused-ring (bicyclic) bond motifs is 3. The Balaban J connectivity index is 1.73. The lowest BCUT2D eigenvalue weighted by Gasteiger charge is -2.27. The van der Waals surface area contributed by atoms with Crippen LogP contribution in [0.3, 0.4) is 0 Å². The second-order valence-electron chi connectivity index (χ2n) is 6.78. The van der Waals surface area contributed by atoms with Gasteiger partial charge in [-0.25, -0.2) is 9.98 Å². The molecule has 1 amide bonds. The fourth-order valence-electron chi connectivity index (χ4n) is 3.41. The predicted molar refractivity (Wildman–Crippen MR) is 112 cm³/mol. The number of aliphatic hydroxyl groups is 1. The Hall–Kier alpha value is -3.68. The number of aliphatic hydroxyl groups excluding tert-OH is 1. The number of pyridine rings is 1. The lowest BCUT2D eigenvalue weighted by atomic mass is 10.0. The standard InChI is InChI=1S/C21H21N5O3/c1-12-4-6-15-19(20(12)29-3)25-18(26-9-8-22-21(15)26)10-16(28)14-5-7-17(23-11-14)24-13(2)27/h4-7,10-11,28H,8-9H2,1-3H3,(H,23,24,27)/b16-10-. The predicted octanol–water partition coefficient (Wildman–Crippen LogP) is 3.06. The van der Waals surface area contributed by atoms with Crippen LogP contribution in [0.25, 0.3) is 5.76 Å². The molecule has 0 saturated heterocycles. The number of hydrogen-bond donors (Lipinski definition) is 2. The molecule has 8 nitrogen and oxygen atoms in total. The zero-order chi connectivity index (χ0) is 20.5. The van der Waals surface area contributed by atoms with Crippen molar-refractivity contribution in [2.75, 3.05) is 25.5 Å². The summed E-state index contributed by atoms with van der Waals surface area (Å²) in [4.78, 5) is 26.6. The van der Waals surface area contributed by atoms with Crippen LogP contribution in [0.5, 0.6) is 5.75 Å². The van der Waals surface area contributed by atoms with Crippen molar-refractivity contribution >= 4 is 34.8 Å². The lowest BCUT2D eigenvalue weighted by Crippen LogP contribution is -2.36. The van der Waals surface area contributed by atoms with Crippen LogP contribution in [-0.2, 0) is 4.79 Å². The molecule has 1 aromatic heterocycles. The molecule has 0 saturated carbocycles. The van der Waals surface area contributed by atoms with Crippen LogP contribution < -0.4 is 10.1 Å². The minimum absolute atomic E-state index is 0.0203. The number of aryl methyl sites for hydroxylation is 1. The zero-order valence-electron chi connectivity index (χ0n) is 16.4. The van der Waals surface area contributed by atoms with Crippen LogP contribution in [-0.4, -0.2) is 52.8 Å². The van der Waals surface area contributed by atoms with Gasteiger partial charge >= 0.3 is 0 Å². The van der Waals surface area contributed by atoms with Gasteiger partial charge in [-0.05, 0) is 30.7 Å². The van der Waals surface area contributed by atoms with Gasteiger partial charge < -0.3 is 20.1 Å². The molecule has 2 aliphatic heterocycles. The third-order valence-corrected chi connectivity index (χ3v) is 4.75. The molecule has 0 bridgehead atoms. The number of aromatic nitrogens is 1. The molecule has 0 unspecified atom stereocenters. The minimum Gasteiger partial charge on any atom is -0.507 e. The SMILES string of the molecule is COc1c(C)ccc2c1N=C(/C=C(\O)c1ccc(NC(C)=O)nc1)N1CCN=C21. The topological polar surface area (TPSA) is 99.4 Å². The van der Waals surface area contributed by atoms with Crippen LogP contribution in [0, 0.1) is 6.92 Å². The Morgan fingerprint density at radius 1 is 1.31 bits per heavy atom. The summed E-state index contributed by atoms with van der Waals surface area (Å²) in [5.74, 6) is 2.35. The average Bonchev–Trinajstić information content (AvgIpc) is 3.18. The summed E-state index contributed by atoms with van der Waals surface area (Å²) in [6.45, 7) is 4.73. The summed E-state index contributed by atoms with van der Waals surface area (Å²) in [6, 6.07) is 7.31. The highest BCUT2D eigenvalue weighted by Gasteiger charge is 2.31. The number of amidine groups is 2. The van der Waals surface area contributed by atoms with Crippen molar-refractivity contribution in [2.45, 2.75) is 13.8 Å². The summed E-state index contributed by atoms with van der Waals surface area (Å²) in [7, 11) is 1.62. The normalized spacial score (nSPS) is 15.3. The zero-order valence-corrected chi connectivity index (χ0v) is 16.4. The molecule has 0 spiro atoms. The highest BCUT2D eigenvalue weighted by atomic mass is 16.5. The molecule has 148 valence electrons. The van der Waals surface area contributed by atoms with Gasteiger partial charge in [0.05, 0.1) is 13.7 Å². The van der Waals surface area contributed by atoms with Crippen molar-refractivity contribution in [1.82, 2.24) is 9.88 Å². The number of rotatable bonds is 4. The number of nitrogens with one attached hydrogen (secondary N) is 1. The van der Waals surface area contributed by atoms with Gasteiger partial charge in [-0.2, -0.15) is 0 Å². The fourth-order valence-corrected chi connectivity index (χ4v) is 3.41. The minimum atomic E-state index is -0.203. The quantitative estimate of drug-likeness (QED) is 0.781. The van der Waals surface area contributed by atoms with Gasteiger partial charge in [0.1, 0.15) is 34.7 Å². The van der Waals surface area contributed by atoms with Crippen molar-refractivity contribution in [1.29, 1.82) is 0 Å². The van der Waals surface area contributed by atoms with E-state index in [0.29, 0.717) is 41.7 Å². The van der Waals surface area contributed by atoms with Crippen LogP contribution in [0.4, 0.5) is 11.5 Å². The van der Waals surface area contributed by atoms with Crippen molar-refractivity contribution in [3.8, 4) is 5.75 Å². The monoisotopic (exact) mass is 391 g/mol. The number of aliphatic imine (C=N–C) groups is 2. The molecule has 0 atom stereocenters. The third-order valence-electron chi connectivity index (χ3n) is 4.75. The van der Waals surface area contributed by atoms with Crippen molar-refractivity contribution in [3.63, 3.8) is 0 Å². The number of hydrogen-bond acceptors (Lipinski definition) is 7. The van der Waals surface area contributed by atoms with Crippen LogP contribution in [0.2, 0.25) is 0 Å². The van der Waals surface area contributed by atoms with Crippen molar-refractivity contribution in [2.24, 2.45) is 9.98 Å². The first-order valence-electron chi connectivity index (χ1n) is 9.21. The van der Waals surface area contributed by atoms with Crippen molar-refractivity contribution in [3.05, 3.63) is 53.2 Å². The third kappa shape index (κ3) is 3.44. The van der Waals surface area contributed by atoms with Crippen molar-refractivity contribution < 1.29 is 14.6 Å². The molecule has 29 heavy (non-hydrogen) atoms. The van der Waals surface area contributed by atoms with Crippen LogP contribution >= 0.6 is 0 Å². The summed E-state index contributed by atoms with van der Waals surface area (Å²) in [6.07, 6.45) is 3.10. The summed E-state index contributed by atoms with van der Waals surface area (Å²) >= 11 is 0. The molecule has 0 aliphatic carbocycles. The summed E-state index contributed by atoms with van der Waals surface area (Å²) in [5.41, 5.74) is 3.12. The average molecular weight is 391 g/mol. The highest BCUT2D eigenvalue weighted by Crippen LogP contribution is 2.39. The van der Waals surface area contributed by atoms with Gasteiger partial charge in [0, 0.05) is 36.9 Å². The van der Waals surface area contributed by atoms with E-state index in [0.717, 1.165) is 17.0 Å². The molecule has 2 aromatic rings.